The molecule has 5 nitrogen and oxygen atoms in total. The Morgan fingerprint density at radius 3 is 2.75 bits per heavy atom. The first-order valence-corrected chi connectivity index (χ1v) is 7.34. The van der Waals surface area contributed by atoms with Crippen LogP contribution in [0.5, 0.6) is 5.75 Å². The van der Waals surface area contributed by atoms with Gasteiger partial charge in [-0.05, 0) is 24.6 Å². The van der Waals surface area contributed by atoms with Crippen molar-refractivity contribution in [1.29, 1.82) is 0 Å². The number of anilines is 1. The molecule has 20 heavy (non-hydrogen) atoms. The first-order chi connectivity index (χ1) is 9.43. The van der Waals surface area contributed by atoms with E-state index >= 15 is 0 Å². The zero-order chi connectivity index (χ0) is 15.1. The standard InChI is InChI=1S/C14H19NO4S/c1-9-4-5-12(19-3)11(6-9)15-13(16)8-20-7-10(2)14(17)18/h4-6,10H,7-8H2,1-3H3,(H,15,16)(H,17,18). The van der Waals surface area contributed by atoms with E-state index in [4.69, 9.17) is 9.84 Å². The number of ether oxygens (including phenoxy) is 1. The zero-order valence-electron chi connectivity index (χ0n) is 11.8. The minimum Gasteiger partial charge on any atom is -0.495 e. The molecule has 0 aliphatic rings. The largest absolute Gasteiger partial charge is 0.495 e. The summed E-state index contributed by atoms with van der Waals surface area (Å²) in [6.45, 7) is 3.55. The van der Waals surface area contributed by atoms with E-state index in [1.807, 2.05) is 19.1 Å². The number of carboxylic acid groups (broad SMARTS) is 1. The summed E-state index contributed by atoms with van der Waals surface area (Å²) < 4.78 is 5.18. The highest BCUT2D eigenvalue weighted by molar-refractivity contribution is 8.00. The molecule has 1 amide bonds. The van der Waals surface area contributed by atoms with Crippen LogP contribution in [0.15, 0.2) is 18.2 Å². The van der Waals surface area contributed by atoms with Gasteiger partial charge in [0.1, 0.15) is 5.75 Å². The van der Waals surface area contributed by atoms with Crippen LogP contribution < -0.4 is 10.1 Å². The summed E-state index contributed by atoms with van der Waals surface area (Å²) in [5.41, 5.74) is 1.65. The summed E-state index contributed by atoms with van der Waals surface area (Å²) in [7, 11) is 1.55. The van der Waals surface area contributed by atoms with E-state index in [9.17, 15) is 9.59 Å². The smallest absolute Gasteiger partial charge is 0.307 e. The van der Waals surface area contributed by atoms with Crippen molar-refractivity contribution in [1.82, 2.24) is 0 Å². The van der Waals surface area contributed by atoms with E-state index in [0.29, 0.717) is 17.2 Å². The third-order valence-corrected chi connectivity index (χ3v) is 3.85. The molecule has 1 atom stereocenters. The van der Waals surface area contributed by atoms with Crippen LogP contribution >= 0.6 is 11.8 Å². The molecule has 2 N–H and O–H groups in total. The summed E-state index contributed by atoms with van der Waals surface area (Å²) in [6.07, 6.45) is 0. The Hall–Kier alpha value is -1.69. The summed E-state index contributed by atoms with van der Waals surface area (Å²) in [4.78, 5) is 22.5. The van der Waals surface area contributed by atoms with Gasteiger partial charge in [0, 0.05) is 5.75 Å². The molecule has 0 aliphatic heterocycles. The maximum atomic E-state index is 11.8. The Morgan fingerprint density at radius 1 is 1.45 bits per heavy atom. The van der Waals surface area contributed by atoms with Crippen LogP contribution in [0.2, 0.25) is 0 Å². The molecule has 6 heteroatoms. The summed E-state index contributed by atoms with van der Waals surface area (Å²) in [5.74, 6) is -0.244. The number of hydrogen-bond acceptors (Lipinski definition) is 4. The van der Waals surface area contributed by atoms with Crippen molar-refractivity contribution in [3.8, 4) is 5.75 Å². The summed E-state index contributed by atoms with van der Waals surface area (Å²) in [5, 5.41) is 11.5. The van der Waals surface area contributed by atoms with Gasteiger partial charge in [-0.15, -0.1) is 0 Å². The van der Waals surface area contributed by atoms with Gasteiger partial charge in [0.2, 0.25) is 5.91 Å². The van der Waals surface area contributed by atoms with E-state index in [1.54, 1.807) is 20.1 Å². The Balaban J connectivity index is 2.50. The zero-order valence-corrected chi connectivity index (χ0v) is 12.6. The van der Waals surface area contributed by atoms with Crippen LogP contribution in [-0.4, -0.2) is 35.6 Å². The average molecular weight is 297 g/mol. The second-order valence-electron chi connectivity index (χ2n) is 4.51. The molecule has 0 fully saturated rings. The molecule has 0 spiro atoms. The molecule has 1 aromatic rings. The number of methoxy groups -OCH3 is 1. The fourth-order valence-electron chi connectivity index (χ4n) is 1.51. The van der Waals surface area contributed by atoms with Crippen molar-refractivity contribution in [2.24, 2.45) is 5.92 Å². The Kier molecular flexibility index (Phi) is 6.38. The molecule has 1 rings (SSSR count). The van der Waals surface area contributed by atoms with Crippen molar-refractivity contribution in [2.45, 2.75) is 13.8 Å². The van der Waals surface area contributed by atoms with E-state index in [-0.39, 0.29) is 11.7 Å². The van der Waals surface area contributed by atoms with Gasteiger partial charge >= 0.3 is 5.97 Å². The Labute approximate surface area is 122 Å². The highest BCUT2D eigenvalue weighted by atomic mass is 32.2. The van der Waals surface area contributed by atoms with Crippen molar-refractivity contribution in [3.05, 3.63) is 23.8 Å². The monoisotopic (exact) mass is 297 g/mol. The van der Waals surface area contributed by atoms with E-state index in [1.165, 1.54) is 11.8 Å². The predicted molar refractivity (Wildman–Crippen MR) is 80.5 cm³/mol. The van der Waals surface area contributed by atoms with Gasteiger partial charge in [-0.25, -0.2) is 0 Å². The first-order valence-electron chi connectivity index (χ1n) is 6.19. The molecular weight excluding hydrogens is 278 g/mol. The lowest BCUT2D eigenvalue weighted by Gasteiger charge is -2.11. The van der Waals surface area contributed by atoms with Crippen molar-refractivity contribution in [2.75, 3.05) is 23.9 Å². The molecule has 0 saturated carbocycles. The number of aliphatic carboxylic acids is 1. The van der Waals surface area contributed by atoms with Crippen LogP contribution in [0.3, 0.4) is 0 Å². The fraction of sp³-hybridized carbons (Fsp3) is 0.429. The van der Waals surface area contributed by atoms with E-state index in [2.05, 4.69) is 5.32 Å². The molecule has 0 saturated heterocycles. The normalized spacial score (nSPS) is 11.8. The first kappa shape index (κ1) is 16.4. The SMILES string of the molecule is COc1ccc(C)cc1NC(=O)CSCC(C)C(=O)O. The van der Waals surface area contributed by atoms with Gasteiger partial charge < -0.3 is 15.2 Å². The molecule has 110 valence electrons. The van der Waals surface area contributed by atoms with Gasteiger partial charge in [-0.3, -0.25) is 9.59 Å². The minimum atomic E-state index is -0.849. The lowest BCUT2D eigenvalue weighted by Crippen LogP contribution is -2.17. The number of thioether (sulfide) groups is 1. The molecule has 0 heterocycles. The number of benzene rings is 1. The average Bonchev–Trinajstić information content (AvgIpc) is 2.38. The molecule has 0 radical (unpaired) electrons. The maximum absolute atomic E-state index is 11.8. The van der Waals surface area contributed by atoms with Gasteiger partial charge in [-0.2, -0.15) is 11.8 Å². The molecule has 0 bridgehead atoms. The third-order valence-electron chi connectivity index (χ3n) is 2.65. The van der Waals surface area contributed by atoms with Gasteiger partial charge in [0.15, 0.2) is 0 Å². The second-order valence-corrected chi connectivity index (χ2v) is 5.54. The minimum absolute atomic E-state index is 0.170. The quantitative estimate of drug-likeness (QED) is 0.808. The molecule has 1 unspecified atom stereocenters. The lowest BCUT2D eigenvalue weighted by atomic mass is 10.2. The topological polar surface area (TPSA) is 75.6 Å². The Morgan fingerprint density at radius 2 is 2.15 bits per heavy atom. The number of hydrogen-bond donors (Lipinski definition) is 2. The van der Waals surface area contributed by atoms with Gasteiger partial charge in [0.05, 0.1) is 24.5 Å². The number of carboxylic acids is 1. The highest BCUT2D eigenvalue weighted by Crippen LogP contribution is 2.25. The number of aryl methyl sites for hydroxylation is 1. The van der Waals surface area contributed by atoms with Crippen molar-refractivity contribution >= 4 is 29.3 Å². The van der Waals surface area contributed by atoms with Gasteiger partial charge in [-0.1, -0.05) is 13.0 Å². The van der Waals surface area contributed by atoms with Crippen LogP contribution in [0.25, 0.3) is 0 Å². The third kappa shape index (κ3) is 5.13. The number of carbonyl (C=O) groups is 2. The molecule has 1 aromatic carbocycles. The number of amides is 1. The second kappa shape index (κ2) is 7.79. The molecule has 0 aliphatic carbocycles. The van der Waals surface area contributed by atoms with E-state index < -0.39 is 11.9 Å². The number of carbonyl (C=O) groups excluding carboxylic acids is 1. The molecular formula is C14H19NO4S. The Bertz CT molecular complexity index is 490. The van der Waals surface area contributed by atoms with Crippen molar-refractivity contribution < 1.29 is 19.4 Å². The fourth-order valence-corrected chi connectivity index (χ4v) is 2.38. The maximum Gasteiger partial charge on any atom is 0.307 e. The van der Waals surface area contributed by atoms with Crippen molar-refractivity contribution in [3.63, 3.8) is 0 Å². The summed E-state index contributed by atoms with van der Waals surface area (Å²) >= 11 is 1.30. The van der Waals surface area contributed by atoms with Gasteiger partial charge in [0.25, 0.3) is 0 Å². The highest BCUT2D eigenvalue weighted by Gasteiger charge is 2.12. The number of nitrogens with one attached hydrogen (secondary N) is 1. The molecule has 0 aromatic heterocycles. The van der Waals surface area contributed by atoms with Crippen LogP contribution in [0, 0.1) is 12.8 Å². The number of rotatable bonds is 7. The van der Waals surface area contributed by atoms with E-state index in [0.717, 1.165) is 5.56 Å². The summed E-state index contributed by atoms with van der Waals surface area (Å²) in [6, 6.07) is 5.53. The lowest BCUT2D eigenvalue weighted by molar-refractivity contribution is -0.140. The predicted octanol–water partition coefficient (Wildman–Crippen LogP) is 2.40. The van der Waals surface area contributed by atoms with Crippen LogP contribution in [0.1, 0.15) is 12.5 Å². The van der Waals surface area contributed by atoms with Crippen LogP contribution in [0.4, 0.5) is 5.69 Å². The van der Waals surface area contributed by atoms with Crippen LogP contribution in [-0.2, 0) is 9.59 Å².